The Morgan fingerprint density at radius 1 is 1.26 bits per heavy atom. The summed E-state index contributed by atoms with van der Waals surface area (Å²) in [5.41, 5.74) is 2.29. The van der Waals surface area contributed by atoms with Crippen molar-refractivity contribution in [3.8, 4) is 0 Å². The number of nitrogens with zero attached hydrogens (tertiary/aromatic N) is 3. The largest absolute Gasteiger partial charge is 0.512 e. The fraction of sp³-hybridized carbons (Fsp3) is 0.486. The van der Waals surface area contributed by atoms with Crippen LogP contribution in [0.3, 0.4) is 0 Å². The van der Waals surface area contributed by atoms with E-state index in [1.807, 2.05) is 62.4 Å². The number of ether oxygens (including phenoxy) is 1. The number of aliphatic hydroxyl groups excluding tert-OH is 3. The summed E-state index contributed by atoms with van der Waals surface area (Å²) < 4.78 is 19.1. The van der Waals surface area contributed by atoms with Gasteiger partial charge in [-0.2, -0.15) is 0 Å². The van der Waals surface area contributed by atoms with E-state index in [0.29, 0.717) is 49.3 Å². The summed E-state index contributed by atoms with van der Waals surface area (Å²) in [6.07, 6.45) is 22.5. The van der Waals surface area contributed by atoms with Gasteiger partial charge in [-0.25, -0.2) is 9.38 Å². The summed E-state index contributed by atoms with van der Waals surface area (Å²) >= 11 is 1.42. The summed E-state index contributed by atoms with van der Waals surface area (Å²) in [4.78, 5) is 11.7. The molecule has 11 heteroatoms. The highest BCUT2D eigenvalue weighted by atomic mass is 32.2. The number of nitrogens with one attached hydrogen (secondary N) is 2. The second-order valence-corrected chi connectivity index (χ2v) is 11.7. The smallest absolute Gasteiger partial charge is 0.162 e. The molecule has 0 fully saturated rings. The van der Waals surface area contributed by atoms with Crippen molar-refractivity contribution >= 4 is 22.8 Å². The van der Waals surface area contributed by atoms with E-state index in [1.165, 1.54) is 23.9 Å². The van der Waals surface area contributed by atoms with Crippen molar-refractivity contribution in [1.82, 2.24) is 15.5 Å². The minimum absolute atomic E-state index is 0.129. The lowest BCUT2D eigenvalue weighted by molar-refractivity contribution is 0.282. The van der Waals surface area contributed by atoms with Gasteiger partial charge in [0.2, 0.25) is 0 Å². The Kier molecular flexibility index (Phi) is 18.7. The molecule has 0 aromatic heterocycles. The van der Waals surface area contributed by atoms with Crippen LogP contribution in [0.4, 0.5) is 4.39 Å². The number of allylic oxidation sites excluding steroid dienone is 6. The van der Waals surface area contributed by atoms with Gasteiger partial charge < -0.3 is 35.6 Å². The lowest BCUT2D eigenvalue weighted by Gasteiger charge is -2.21. The van der Waals surface area contributed by atoms with E-state index >= 15 is 0 Å². The summed E-state index contributed by atoms with van der Waals surface area (Å²) in [7, 11) is 5.40. The molecule has 0 saturated heterocycles. The van der Waals surface area contributed by atoms with Crippen LogP contribution in [0.1, 0.15) is 52.4 Å². The van der Waals surface area contributed by atoms with E-state index in [2.05, 4.69) is 10.6 Å². The van der Waals surface area contributed by atoms with E-state index in [0.717, 1.165) is 35.3 Å². The SMILES string of the molecule is C/C=C(F)\C=C/CN(C)C(CCCCCO)=NC(=C/CC(/C=C(\O)CSC1=NC2C=C(/C=C\CC(OC)=C2)N1)NC)/C(=C\C)CO. The zero-order chi connectivity index (χ0) is 33.7. The van der Waals surface area contributed by atoms with Gasteiger partial charge in [-0.05, 0) is 76.1 Å². The van der Waals surface area contributed by atoms with E-state index in [-0.39, 0.29) is 36.9 Å². The number of aliphatic imine (C=N–C) groups is 2. The van der Waals surface area contributed by atoms with Crippen LogP contribution >= 0.6 is 11.8 Å². The topological polar surface area (TPSA) is 122 Å². The maximum atomic E-state index is 13.6. The zero-order valence-electron chi connectivity index (χ0n) is 27.9. The highest BCUT2D eigenvalue weighted by Crippen LogP contribution is 2.21. The molecule has 0 spiro atoms. The Morgan fingerprint density at radius 2 is 2.07 bits per heavy atom. The van der Waals surface area contributed by atoms with Crippen LogP contribution in [0.15, 0.2) is 105 Å². The quantitative estimate of drug-likeness (QED) is 0.0402. The molecule has 2 unspecified atom stereocenters. The van der Waals surface area contributed by atoms with Crippen molar-refractivity contribution in [2.75, 3.05) is 46.7 Å². The molecule has 9 nitrogen and oxygen atoms in total. The van der Waals surface area contributed by atoms with Gasteiger partial charge in [0.1, 0.15) is 17.4 Å². The number of amidine groups is 2. The molecular formula is C35H52FN5O4S. The highest BCUT2D eigenvalue weighted by molar-refractivity contribution is 8.14. The average Bonchev–Trinajstić information content (AvgIpc) is 3.05. The van der Waals surface area contributed by atoms with Gasteiger partial charge in [0.15, 0.2) is 5.17 Å². The first-order valence-corrected chi connectivity index (χ1v) is 16.8. The standard InChI is InChI=1S/C35H52FN5O4S/c1-6-26(24-43)33(40-34(16-9-8-10-20-42)41(4)19-12-13-27(36)7-2)18-17-28(37-3)22-31(44)25-46-35-38-29-14-11-15-32(45-5)23-30(21-29)39-35/h6-7,11-14,18,21-23,28,30,37,42-44H,8-10,15-17,19-20,24-25H2,1-5H3,(H,38,39)/b13-12-,14-11-,26-6-,27-7+,31-22-,32-23?,33-18+,40-34?. The van der Waals surface area contributed by atoms with Crippen LogP contribution in [0.5, 0.6) is 0 Å². The fourth-order valence-electron chi connectivity index (χ4n) is 4.59. The summed E-state index contributed by atoms with van der Waals surface area (Å²) in [6.45, 7) is 3.93. The van der Waals surface area contributed by atoms with Crippen molar-refractivity contribution in [3.63, 3.8) is 0 Å². The van der Waals surface area contributed by atoms with Gasteiger partial charge in [0, 0.05) is 44.8 Å². The number of hydrogen-bond acceptors (Lipinski definition) is 9. The number of rotatable bonds is 18. The van der Waals surface area contributed by atoms with Gasteiger partial charge in [0.05, 0.1) is 37.0 Å². The predicted molar refractivity (Wildman–Crippen MR) is 190 cm³/mol. The zero-order valence-corrected chi connectivity index (χ0v) is 28.7. The monoisotopic (exact) mass is 657 g/mol. The third-order valence-electron chi connectivity index (χ3n) is 7.32. The van der Waals surface area contributed by atoms with Crippen LogP contribution in [0.25, 0.3) is 0 Å². The first kappa shape index (κ1) is 38.8. The second-order valence-electron chi connectivity index (χ2n) is 10.8. The molecule has 0 aromatic carbocycles. The maximum Gasteiger partial charge on any atom is 0.162 e. The predicted octanol–water partition coefficient (Wildman–Crippen LogP) is 5.98. The number of methoxy groups -OCH3 is 1. The van der Waals surface area contributed by atoms with Crippen LogP contribution < -0.4 is 10.6 Å². The van der Waals surface area contributed by atoms with Crippen LogP contribution in [0, 0.1) is 0 Å². The molecular weight excluding hydrogens is 605 g/mol. The number of hydrogen-bond donors (Lipinski definition) is 5. The lowest BCUT2D eigenvalue weighted by atomic mass is 10.1. The number of unbranched alkanes of at least 4 members (excludes halogenated alkanes) is 2. The Morgan fingerprint density at radius 3 is 2.74 bits per heavy atom. The molecule has 1 aliphatic carbocycles. The number of halogens is 1. The molecule has 46 heavy (non-hydrogen) atoms. The normalized spacial score (nSPS) is 19.5. The van der Waals surface area contributed by atoms with Crippen LogP contribution in [-0.2, 0) is 4.74 Å². The highest BCUT2D eigenvalue weighted by Gasteiger charge is 2.17. The summed E-state index contributed by atoms with van der Waals surface area (Å²) in [6, 6.07) is -0.319. The number of fused-ring (bicyclic) bond motifs is 1. The lowest BCUT2D eigenvalue weighted by Crippen LogP contribution is -2.27. The second kappa shape index (κ2) is 22.2. The Labute approximate surface area is 278 Å². The molecule has 0 radical (unpaired) electrons. The third-order valence-corrected chi connectivity index (χ3v) is 8.24. The van der Waals surface area contributed by atoms with E-state index in [9.17, 15) is 19.7 Å². The van der Waals surface area contributed by atoms with Gasteiger partial charge in [-0.1, -0.05) is 48.6 Å². The number of aliphatic hydroxyl groups is 3. The first-order valence-electron chi connectivity index (χ1n) is 15.8. The van der Waals surface area contributed by atoms with E-state index in [4.69, 9.17) is 14.7 Å². The van der Waals surface area contributed by atoms with Crippen LogP contribution in [0.2, 0.25) is 0 Å². The third kappa shape index (κ3) is 14.4. The number of thioether (sulfide) groups is 1. The molecule has 5 N–H and O–H groups in total. The van der Waals surface area contributed by atoms with Crippen molar-refractivity contribution in [1.29, 1.82) is 0 Å². The molecule has 2 rings (SSSR count). The van der Waals surface area contributed by atoms with Crippen molar-refractivity contribution in [2.45, 2.75) is 64.5 Å². The minimum Gasteiger partial charge on any atom is -0.512 e. The summed E-state index contributed by atoms with van der Waals surface area (Å²) in [5, 5.41) is 37.4. The van der Waals surface area contributed by atoms with Gasteiger partial charge >= 0.3 is 0 Å². The van der Waals surface area contributed by atoms with Gasteiger partial charge in [-0.3, -0.25) is 4.99 Å². The van der Waals surface area contributed by atoms with E-state index < -0.39 is 0 Å². The average molecular weight is 658 g/mol. The Bertz CT molecular complexity index is 1280. The molecule has 1 heterocycles. The van der Waals surface area contributed by atoms with Crippen molar-refractivity contribution < 1.29 is 24.4 Å². The van der Waals surface area contributed by atoms with Crippen LogP contribution in [-0.4, -0.2) is 90.0 Å². The molecule has 0 aromatic rings. The minimum atomic E-state index is -0.302. The first-order chi connectivity index (χ1) is 22.3. The molecule has 0 saturated carbocycles. The maximum absolute atomic E-state index is 13.6. The van der Waals surface area contributed by atoms with Gasteiger partial charge in [-0.15, -0.1) is 0 Å². The summed E-state index contributed by atoms with van der Waals surface area (Å²) in [5.74, 6) is 1.91. The Hall–Kier alpha value is -3.38. The van der Waals surface area contributed by atoms with Crippen molar-refractivity contribution in [2.24, 2.45) is 9.98 Å². The Balaban J connectivity index is 2.21. The molecule has 2 bridgehead atoms. The fourth-order valence-corrected chi connectivity index (χ4v) is 5.36. The van der Waals surface area contributed by atoms with Crippen molar-refractivity contribution in [3.05, 3.63) is 95.1 Å². The van der Waals surface area contributed by atoms with Gasteiger partial charge in [0.25, 0.3) is 0 Å². The molecule has 2 aliphatic rings. The van der Waals surface area contributed by atoms with E-state index in [1.54, 1.807) is 26.2 Å². The molecule has 254 valence electrons. The number of likely N-dealkylation sites (N-methyl/N-ethyl adjacent to an activating group) is 2. The molecule has 0 amide bonds. The molecule has 2 atom stereocenters. The molecule has 1 aliphatic heterocycles.